The molecule has 0 spiro atoms. The van der Waals surface area contributed by atoms with Gasteiger partial charge < -0.3 is 23.5 Å². The highest BCUT2D eigenvalue weighted by Gasteiger charge is 2.27. The molecule has 6 nitrogen and oxygen atoms in total. The van der Waals surface area contributed by atoms with Crippen LogP contribution in [-0.4, -0.2) is 55.5 Å². The van der Waals surface area contributed by atoms with E-state index in [0.717, 1.165) is 44.7 Å². The highest BCUT2D eigenvalue weighted by molar-refractivity contribution is 5.80. The van der Waals surface area contributed by atoms with Crippen molar-refractivity contribution >= 4 is 5.91 Å². The Hall–Kier alpha value is -1.37. The molecule has 0 bridgehead atoms. The van der Waals surface area contributed by atoms with Gasteiger partial charge in [-0.05, 0) is 51.2 Å². The fraction of sp³-hybridized carbons (Fsp3) is 0.737. The molecule has 25 heavy (non-hydrogen) atoms. The average molecular weight is 351 g/mol. The summed E-state index contributed by atoms with van der Waals surface area (Å²) in [7, 11) is 0. The second-order valence-electron chi connectivity index (χ2n) is 6.90. The van der Waals surface area contributed by atoms with Crippen LogP contribution < -0.4 is 0 Å². The van der Waals surface area contributed by atoms with Gasteiger partial charge in [-0.2, -0.15) is 0 Å². The van der Waals surface area contributed by atoms with E-state index < -0.39 is 6.10 Å². The third-order valence-corrected chi connectivity index (χ3v) is 4.84. The first-order valence-corrected chi connectivity index (χ1v) is 9.38. The fourth-order valence-electron chi connectivity index (χ4n) is 3.38. The molecule has 0 aliphatic carbocycles. The van der Waals surface area contributed by atoms with Crippen molar-refractivity contribution in [3.8, 4) is 0 Å². The second-order valence-corrected chi connectivity index (χ2v) is 6.90. The minimum Gasteiger partial charge on any atom is -0.467 e. The number of carbonyl (C=O) groups excluding carboxylic acids is 1. The zero-order valence-electron chi connectivity index (χ0n) is 15.0. The minimum absolute atomic E-state index is 0.0253. The van der Waals surface area contributed by atoms with E-state index in [-0.39, 0.29) is 18.1 Å². The SMILES string of the molecule is CC(OCC1CCCCO1)C(=O)N(Cc1ccco1)CC1CCCO1. The Balaban J connectivity index is 1.54. The van der Waals surface area contributed by atoms with E-state index in [1.807, 2.05) is 19.1 Å². The van der Waals surface area contributed by atoms with Gasteiger partial charge in [-0.1, -0.05) is 0 Å². The molecule has 140 valence electrons. The van der Waals surface area contributed by atoms with Crippen molar-refractivity contribution in [1.29, 1.82) is 0 Å². The first kappa shape index (κ1) is 18.4. The van der Waals surface area contributed by atoms with Crippen molar-refractivity contribution in [1.82, 2.24) is 4.90 Å². The van der Waals surface area contributed by atoms with Gasteiger partial charge in [0.15, 0.2) is 0 Å². The van der Waals surface area contributed by atoms with E-state index in [2.05, 4.69) is 0 Å². The third kappa shape index (κ3) is 5.56. The van der Waals surface area contributed by atoms with E-state index >= 15 is 0 Å². The average Bonchev–Trinajstić information content (AvgIpc) is 3.33. The maximum absolute atomic E-state index is 12.9. The van der Waals surface area contributed by atoms with Crippen LogP contribution in [0.5, 0.6) is 0 Å². The molecule has 1 aromatic rings. The highest BCUT2D eigenvalue weighted by Crippen LogP contribution is 2.18. The van der Waals surface area contributed by atoms with Crippen molar-refractivity contribution in [3.63, 3.8) is 0 Å². The van der Waals surface area contributed by atoms with E-state index in [9.17, 15) is 4.79 Å². The van der Waals surface area contributed by atoms with Crippen LogP contribution in [0, 0.1) is 0 Å². The maximum Gasteiger partial charge on any atom is 0.251 e. The second kappa shape index (κ2) is 9.36. The Morgan fingerprint density at radius 3 is 2.72 bits per heavy atom. The van der Waals surface area contributed by atoms with E-state index in [1.165, 1.54) is 6.42 Å². The molecule has 3 heterocycles. The minimum atomic E-state index is -0.498. The monoisotopic (exact) mass is 351 g/mol. The van der Waals surface area contributed by atoms with E-state index in [0.29, 0.717) is 19.7 Å². The number of amides is 1. The molecule has 6 heteroatoms. The highest BCUT2D eigenvalue weighted by atomic mass is 16.5. The van der Waals surface area contributed by atoms with Gasteiger partial charge in [0.25, 0.3) is 5.91 Å². The molecule has 2 fully saturated rings. The molecule has 0 saturated carbocycles. The Morgan fingerprint density at radius 2 is 2.04 bits per heavy atom. The molecular formula is C19H29NO5. The summed E-state index contributed by atoms with van der Waals surface area (Å²) in [6.07, 6.45) is 6.68. The Morgan fingerprint density at radius 1 is 1.24 bits per heavy atom. The van der Waals surface area contributed by atoms with Gasteiger partial charge in [0.1, 0.15) is 11.9 Å². The van der Waals surface area contributed by atoms with Crippen LogP contribution >= 0.6 is 0 Å². The zero-order chi connectivity index (χ0) is 17.5. The molecule has 3 atom stereocenters. The molecule has 0 aromatic carbocycles. The van der Waals surface area contributed by atoms with Crippen LogP contribution in [-0.2, 0) is 25.5 Å². The lowest BCUT2D eigenvalue weighted by Gasteiger charge is -2.29. The number of rotatable bonds is 8. The lowest BCUT2D eigenvalue weighted by Crippen LogP contribution is -2.43. The van der Waals surface area contributed by atoms with Crippen molar-refractivity contribution < 1.29 is 23.4 Å². The predicted octanol–water partition coefficient (Wildman–Crippen LogP) is 2.76. The number of ether oxygens (including phenoxy) is 3. The molecule has 3 unspecified atom stereocenters. The van der Waals surface area contributed by atoms with Crippen molar-refractivity contribution in [2.75, 3.05) is 26.4 Å². The van der Waals surface area contributed by atoms with Crippen molar-refractivity contribution in [2.24, 2.45) is 0 Å². The topological polar surface area (TPSA) is 61.1 Å². The van der Waals surface area contributed by atoms with Gasteiger partial charge in [-0.25, -0.2) is 0 Å². The van der Waals surface area contributed by atoms with Crippen LogP contribution in [0.4, 0.5) is 0 Å². The summed E-state index contributed by atoms with van der Waals surface area (Å²) in [4.78, 5) is 14.7. The fourth-order valence-corrected chi connectivity index (χ4v) is 3.38. The van der Waals surface area contributed by atoms with E-state index in [1.54, 1.807) is 11.2 Å². The number of hydrogen-bond acceptors (Lipinski definition) is 5. The van der Waals surface area contributed by atoms with Crippen molar-refractivity contribution in [3.05, 3.63) is 24.2 Å². The summed E-state index contributed by atoms with van der Waals surface area (Å²) in [5.74, 6) is 0.747. The summed E-state index contributed by atoms with van der Waals surface area (Å²) in [6.45, 7) is 4.88. The number of hydrogen-bond donors (Lipinski definition) is 0. The number of furan rings is 1. The number of nitrogens with zero attached hydrogens (tertiary/aromatic N) is 1. The maximum atomic E-state index is 12.9. The zero-order valence-corrected chi connectivity index (χ0v) is 15.0. The molecule has 2 aliphatic heterocycles. The van der Waals surface area contributed by atoms with Gasteiger partial charge in [0.2, 0.25) is 0 Å². The quantitative estimate of drug-likeness (QED) is 0.721. The Labute approximate surface area is 149 Å². The molecule has 2 saturated heterocycles. The first-order valence-electron chi connectivity index (χ1n) is 9.38. The summed E-state index contributed by atoms with van der Waals surface area (Å²) < 4.78 is 22.6. The van der Waals surface area contributed by atoms with Gasteiger partial charge in [0, 0.05) is 19.8 Å². The largest absolute Gasteiger partial charge is 0.467 e. The third-order valence-electron chi connectivity index (χ3n) is 4.84. The molecule has 0 radical (unpaired) electrons. The van der Waals surface area contributed by atoms with Crippen LogP contribution in [0.25, 0.3) is 0 Å². The van der Waals surface area contributed by atoms with Crippen molar-refractivity contribution in [2.45, 2.75) is 63.9 Å². The van der Waals surface area contributed by atoms with Gasteiger partial charge in [-0.15, -0.1) is 0 Å². The molecule has 0 N–H and O–H groups in total. The van der Waals surface area contributed by atoms with E-state index in [4.69, 9.17) is 18.6 Å². The Kier molecular flexibility index (Phi) is 6.90. The summed E-state index contributed by atoms with van der Waals surface area (Å²) in [5.41, 5.74) is 0. The predicted molar refractivity (Wildman–Crippen MR) is 92.1 cm³/mol. The number of carbonyl (C=O) groups is 1. The smallest absolute Gasteiger partial charge is 0.251 e. The molecule has 1 amide bonds. The Bertz CT molecular complexity index is 506. The van der Waals surface area contributed by atoms with Crippen LogP contribution in [0.2, 0.25) is 0 Å². The van der Waals surface area contributed by atoms with Crippen LogP contribution in [0.15, 0.2) is 22.8 Å². The summed E-state index contributed by atoms with van der Waals surface area (Å²) in [5, 5.41) is 0. The molecule has 3 rings (SSSR count). The summed E-state index contributed by atoms with van der Waals surface area (Å²) in [6, 6.07) is 3.72. The summed E-state index contributed by atoms with van der Waals surface area (Å²) >= 11 is 0. The lowest BCUT2D eigenvalue weighted by molar-refractivity contribution is -0.148. The molecular weight excluding hydrogens is 322 g/mol. The van der Waals surface area contributed by atoms with Gasteiger partial charge >= 0.3 is 0 Å². The normalized spacial score (nSPS) is 25.0. The molecule has 2 aliphatic rings. The van der Waals surface area contributed by atoms with Crippen LogP contribution in [0.1, 0.15) is 44.8 Å². The lowest BCUT2D eigenvalue weighted by atomic mass is 10.1. The standard InChI is InChI=1S/C19H29NO5/c1-15(25-14-18-6-2-3-9-24-18)19(21)20(12-16-7-4-10-22-16)13-17-8-5-11-23-17/h4,7,10,15,17-18H,2-3,5-6,8-9,11-14H2,1H3. The molecule has 1 aromatic heterocycles. The van der Waals surface area contributed by atoms with Gasteiger partial charge in [0.05, 0.1) is 31.6 Å². The van der Waals surface area contributed by atoms with Crippen LogP contribution in [0.3, 0.4) is 0 Å². The van der Waals surface area contributed by atoms with Gasteiger partial charge in [-0.3, -0.25) is 4.79 Å². The first-order chi connectivity index (χ1) is 12.2.